The van der Waals surface area contributed by atoms with E-state index in [2.05, 4.69) is 50.2 Å². The third-order valence-corrected chi connectivity index (χ3v) is 5.00. The summed E-state index contributed by atoms with van der Waals surface area (Å²) in [6.45, 7) is 5.36. The summed E-state index contributed by atoms with van der Waals surface area (Å²) in [7, 11) is 0. The second-order valence-corrected chi connectivity index (χ2v) is 7.16. The minimum absolute atomic E-state index is 0.0905. The van der Waals surface area contributed by atoms with E-state index in [4.69, 9.17) is 4.74 Å². The molecular weight excluding hydrogens is 310 g/mol. The van der Waals surface area contributed by atoms with E-state index in [0.717, 1.165) is 31.6 Å². The van der Waals surface area contributed by atoms with E-state index in [9.17, 15) is 4.79 Å². The van der Waals surface area contributed by atoms with Crippen molar-refractivity contribution < 1.29 is 9.53 Å². The van der Waals surface area contributed by atoms with Gasteiger partial charge < -0.3 is 9.64 Å². The van der Waals surface area contributed by atoms with Gasteiger partial charge in [0.1, 0.15) is 5.75 Å². The molecule has 0 radical (unpaired) electrons. The van der Waals surface area contributed by atoms with E-state index in [1.54, 1.807) is 0 Å². The maximum Gasteiger partial charge on any atom is 0.260 e. The monoisotopic (exact) mass is 337 g/mol. The molecule has 0 unspecified atom stereocenters. The average molecular weight is 337 g/mol. The highest BCUT2D eigenvalue weighted by atomic mass is 16.5. The Bertz CT molecular complexity index is 681. The van der Waals surface area contributed by atoms with Crippen LogP contribution in [0.4, 0.5) is 0 Å². The zero-order chi connectivity index (χ0) is 17.6. The molecule has 1 amide bonds. The van der Waals surface area contributed by atoms with E-state index >= 15 is 0 Å². The lowest BCUT2D eigenvalue weighted by molar-refractivity contribution is -0.137. The fourth-order valence-corrected chi connectivity index (χ4v) is 3.54. The summed E-state index contributed by atoms with van der Waals surface area (Å²) in [6, 6.07) is 18.8. The van der Waals surface area contributed by atoms with Gasteiger partial charge in [-0.25, -0.2) is 0 Å². The van der Waals surface area contributed by atoms with Crippen LogP contribution in [0, 0.1) is 5.92 Å². The van der Waals surface area contributed by atoms with Crippen LogP contribution >= 0.6 is 0 Å². The average Bonchev–Trinajstić information content (AvgIpc) is 2.62. The molecule has 0 bridgehead atoms. The van der Waals surface area contributed by atoms with Gasteiger partial charge in [0, 0.05) is 12.6 Å². The van der Waals surface area contributed by atoms with Gasteiger partial charge in [0.05, 0.1) is 0 Å². The molecule has 3 rings (SSSR count). The van der Waals surface area contributed by atoms with Crippen LogP contribution in [0.5, 0.6) is 5.75 Å². The predicted molar refractivity (Wildman–Crippen MR) is 101 cm³/mol. The Morgan fingerprint density at radius 2 is 1.72 bits per heavy atom. The minimum Gasteiger partial charge on any atom is -0.484 e. The summed E-state index contributed by atoms with van der Waals surface area (Å²) in [5, 5.41) is 0. The molecule has 3 nitrogen and oxygen atoms in total. The van der Waals surface area contributed by atoms with E-state index < -0.39 is 0 Å². The molecule has 0 N–H and O–H groups in total. The third kappa shape index (κ3) is 4.85. The highest BCUT2D eigenvalue weighted by Gasteiger charge is 2.26. The Kier molecular flexibility index (Phi) is 5.75. The van der Waals surface area contributed by atoms with E-state index in [0.29, 0.717) is 12.0 Å². The number of hydrogen-bond donors (Lipinski definition) is 0. The zero-order valence-electron chi connectivity index (χ0n) is 15.2. The molecule has 3 heteroatoms. The van der Waals surface area contributed by atoms with Gasteiger partial charge in [-0.1, -0.05) is 49.4 Å². The quantitative estimate of drug-likeness (QED) is 0.814. The Morgan fingerprint density at radius 3 is 2.40 bits per heavy atom. The summed E-state index contributed by atoms with van der Waals surface area (Å²) < 4.78 is 5.71. The van der Waals surface area contributed by atoms with Crippen molar-refractivity contribution in [3.63, 3.8) is 0 Å². The lowest BCUT2D eigenvalue weighted by Gasteiger charge is -2.36. The topological polar surface area (TPSA) is 29.5 Å². The first kappa shape index (κ1) is 17.5. The molecule has 25 heavy (non-hydrogen) atoms. The van der Waals surface area contributed by atoms with Crippen LogP contribution < -0.4 is 4.74 Å². The van der Waals surface area contributed by atoms with Gasteiger partial charge in [0.25, 0.3) is 5.91 Å². The normalized spacial score (nSPS) is 20.3. The van der Waals surface area contributed by atoms with Crippen molar-refractivity contribution in [2.24, 2.45) is 5.92 Å². The molecule has 1 fully saturated rings. The summed E-state index contributed by atoms with van der Waals surface area (Å²) in [5.74, 6) is 1.55. The Morgan fingerprint density at radius 1 is 1.04 bits per heavy atom. The molecule has 2 aromatic rings. The zero-order valence-corrected chi connectivity index (χ0v) is 15.2. The van der Waals surface area contributed by atoms with E-state index in [1.165, 1.54) is 11.1 Å². The van der Waals surface area contributed by atoms with Crippen molar-refractivity contribution >= 4 is 5.91 Å². The first-order valence-corrected chi connectivity index (χ1v) is 9.17. The van der Waals surface area contributed by atoms with Crippen molar-refractivity contribution in [3.8, 4) is 5.75 Å². The largest absolute Gasteiger partial charge is 0.484 e. The lowest BCUT2D eigenvalue weighted by atomic mass is 9.93. The number of likely N-dealkylation sites (tertiary alicyclic amines) is 1. The van der Waals surface area contributed by atoms with Gasteiger partial charge in [-0.15, -0.1) is 0 Å². The number of carbonyl (C=O) groups excluding carboxylic acids is 1. The molecule has 1 saturated heterocycles. The van der Waals surface area contributed by atoms with Crippen molar-refractivity contribution in [1.29, 1.82) is 0 Å². The summed E-state index contributed by atoms with van der Waals surface area (Å²) >= 11 is 0. The van der Waals surface area contributed by atoms with Crippen LogP contribution in [0.1, 0.15) is 37.8 Å². The molecule has 0 aromatic heterocycles. The number of ether oxygens (including phenoxy) is 1. The highest BCUT2D eigenvalue weighted by Crippen LogP contribution is 2.22. The van der Waals surface area contributed by atoms with Crippen molar-refractivity contribution in [2.75, 3.05) is 13.2 Å². The van der Waals surface area contributed by atoms with Gasteiger partial charge in [-0.2, -0.15) is 0 Å². The number of amides is 1. The molecule has 1 aliphatic heterocycles. The number of nitrogens with zero attached hydrogens (tertiary/aromatic N) is 1. The maximum atomic E-state index is 12.4. The first-order valence-electron chi connectivity index (χ1n) is 9.17. The standard InChI is InChI=1S/C22H27NO2/c1-17-12-13-23(18(2)14-17)22(24)16-25-21-10-8-20(9-11-21)15-19-6-4-3-5-7-19/h3-11,17-18H,12-16H2,1-2H3/t17-,18-/m0/s1. The van der Waals surface area contributed by atoms with Crippen molar-refractivity contribution in [1.82, 2.24) is 4.90 Å². The van der Waals surface area contributed by atoms with E-state index in [1.807, 2.05) is 23.1 Å². The molecule has 2 atom stereocenters. The molecular formula is C22H27NO2. The Hall–Kier alpha value is -2.29. The van der Waals surface area contributed by atoms with Gasteiger partial charge in [-0.3, -0.25) is 4.79 Å². The Labute approximate surface area is 150 Å². The van der Waals surface area contributed by atoms with Gasteiger partial charge in [0.15, 0.2) is 6.61 Å². The molecule has 0 spiro atoms. The Balaban J connectivity index is 1.51. The third-order valence-electron chi connectivity index (χ3n) is 5.00. The lowest BCUT2D eigenvalue weighted by Crippen LogP contribution is -2.46. The summed E-state index contributed by atoms with van der Waals surface area (Å²) in [5.41, 5.74) is 2.53. The van der Waals surface area contributed by atoms with Gasteiger partial charge in [0.2, 0.25) is 0 Å². The number of rotatable bonds is 5. The first-order chi connectivity index (χ1) is 12.1. The van der Waals surface area contributed by atoms with Crippen molar-refractivity contribution in [2.45, 2.75) is 39.2 Å². The van der Waals surface area contributed by atoms with Crippen LogP contribution in [0.15, 0.2) is 54.6 Å². The highest BCUT2D eigenvalue weighted by molar-refractivity contribution is 5.78. The fraction of sp³-hybridized carbons (Fsp3) is 0.409. The second-order valence-electron chi connectivity index (χ2n) is 7.16. The number of benzene rings is 2. The number of hydrogen-bond acceptors (Lipinski definition) is 2. The van der Waals surface area contributed by atoms with Crippen LogP contribution in [-0.4, -0.2) is 30.0 Å². The summed E-state index contributed by atoms with van der Waals surface area (Å²) in [4.78, 5) is 14.4. The van der Waals surface area contributed by atoms with Crippen LogP contribution in [-0.2, 0) is 11.2 Å². The van der Waals surface area contributed by atoms with Crippen molar-refractivity contribution in [3.05, 3.63) is 65.7 Å². The van der Waals surface area contributed by atoms with Gasteiger partial charge in [-0.05, 0) is 55.4 Å². The van der Waals surface area contributed by atoms with E-state index in [-0.39, 0.29) is 12.5 Å². The predicted octanol–water partition coefficient (Wildman–Crippen LogP) is 4.30. The number of piperidine rings is 1. The van der Waals surface area contributed by atoms with Crippen LogP contribution in [0.25, 0.3) is 0 Å². The molecule has 1 heterocycles. The van der Waals surface area contributed by atoms with Crippen LogP contribution in [0.2, 0.25) is 0 Å². The minimum atomic E-state index is 0.0905. The number of carbonyl (C=O) groups is 1. The SMILES string of the molecule is C[C@H]1CCN(C(=O)COc2ccc(Cc3ccccc3)cc2)[C@@H](C)C1. The molecule has 0 aliphatic carbocycles. The molecule has 1 aliphatic rings. The maximum absolute atomic E-state index is 12.4. The molecule has 2 aromatic carbocycles. The molecule has 132 valence electrons. The smallest absolute Gasteiger partial charge is 0.260 e. The summed E-state index contributed by atoms with van der Waals surface area (Å²) in [6.07, 6.45) is 3.08. The van der Waals surface area contributed by atoms with Crippen LogP contribution in [0.3, 0.4) is 0 Å². The second kappa shape index (κ2) is 8.19. The molecule has 0 saturated carbocycles. The fourth-order valence-electron chi connectivity index (χ4n) is 3.54. The van der Waals surface area contributed by atoms with Gasteiger partial charge >= 0.3 is 0 Å².